The molecule has 90 valence electrons. The van der Waals surface area contributed by atoms with E-state index in [1.807, 2.05) is 19.1 Å². The molecule has 1 unspecified atom stereocenters. The highest BCUT2D eigenvalue weighted by molar-refractivity contribution is 5.28. The summed E-state index contributed by atoms with van der Waals surface area (Å²) in [5, 5.41) is 0. The zero-order valence-electron chi connectivity index (χ0n) is 9.01. The standard InChI is InChI=1S/C11H15F3N2/c1-8-4-2-3-5-9(8)10(16-15)6-7-11(12,13)14/h2-5,10,16H,6-7,15H2,1H3. The topological polar surface area (TPSA) is 38.0 Å². The van der Waals surface area contributed by atoms with Gasteiger partial charge < -0.3 is 0 Å². The number of hydrogen-bond acceptors (Lipinski definition) is 2. The van der Waals surface area contributed by atoms with Crippen molar-refractivity contribution in [1.82, 2.24) is 5.43 Å². The van der Waals surface area contributed by atoms with Crippen LogP contribution in [-0.2, 0) is 0 Å². The number of nitrogens with one attached hydrogen (secondary N) is 1. The average molecular weight is 232 g/mol. The van der Waals surface area contributed by atoms with Crippen LogP contribution >= 0.6 is 0 Å². The maximum absolute atomic E-state index is 12.1. The highest BCUT2D eigenvalue weighted by Gasteiger charge is 2.28. The summed E-state index contributed by atoms with van der Waals surface area (Å²) < 4.78 is 36.3. The Labute approximate surface area is 92.6 Å². The third-order valence-corrected chi connectivity index (χ3v) is 2.48. The maximum Gasteiger partial charge on any atom is 0.389 e. The van der Waals surface area contributed by atoms with Gasteiger partial charge in [0.25, 0.3) is 0 Å². The van der Waals surface area contributed by atoms with Crippen LogP contribution in [0.3, 0.4) is 0 Å². The largest absolute Gasteiger partial charge is 0.389 e. The van der Waals surface area contributed by atoms with Crippen LogP contribution in [0.5, 0.6) is 0 Å². The van der Waals surface area contributed by atoms with E-state index in [0.29, 0.717) is 0 Å². The van der Waals surface area contributed by atoms with E-state index in [0.717, 1.165) is 11.1 Å². The normalized spacial score (nSPS) is 13.8. The maximum atomic E-state index is 12.1. The zero-order valence-corrected chi connectivity index (χ0v) is 9.01. The van der Waals surface area contributed by atoms with Gasteiger partial charge in [0.1, 0.15) is 0 Å². The first-order valence-electron chi connectivity index (χ1n) is 5.02. The molecule has 1 aromatic carbocycles. The van der Waals surface area contributed by atoms with Crippen molar-refractivity contribution in [2.24, 2.45) is 5.84 Å². The van der Waals surface area contributed by atoms with Gasteiger partial charge in [0, 0.05) is 12.5 Å². The minimum Gasteiger partial charge on any atom is -0.271 e. The highest BCUT2D eigenvalue weighted by atomic mass is 19.4. The van der Waals surface area contributed by atoms with Gasteiger partial charge in [-0.2, -0.15) is 13.2 Å². The van der Waals surface area contributed by atoms with Gasteiger partial charge >= 0.3 is 6.18 Å². The monoisotopic (exact) mass is 232 g/mol. The molecule has 0 bridgehead atoms. The second-order valence-electron chi connectivity index (χ2n) is 3.73. The third-order valence-electron chi connectivity index (χ3n) is 2.48. The van der Waals surface area contributed by atoms with Gasteiger partial charge in [0.2, 0.25) is 0 Å². The van der Waals surface area contributed by atoms with Crippen molar-refractivity contribution in [2.45, 2.75) is 32.0 Å². The molecular weight excluding hydrogens is 217 g/mol. The molecule has 16 heavy (non-hydrogen) atoms. The smallest absolute Gasteiger partial charge is 0.271 e. The summed E-state index contributed by atoms with van der Waals surface area (Å²) in [6.07, 6.45) is -5.03. The fraction of sp³-hybridized carbons (Fsp3) is 0.455. The van der Waals surface area contributed by atoms with Crippen LogP contribution in [0.25, 0.3) is 0 Å². The lowest BCUT2D eigenvalue weighted by molar-refractivity contribution is -0.136. The predicted molar refractivity (Wildman–Crippen MR) is 56.5 cm³/mol. The summed E-state index contributed by atoms with van der Waals surface area (Å²) >= 11 is 0. The fourth-order valence-electron chi connectivity index (χ4n) is 1.61. The van der Waals surface area contributed by atoms with E-state index in [2.05, 4.69) is 5.43 Å². The number of rotatable bonds is 4. The van der Waals surface area contributed by atoms with Crippen LogP contribution in [0.15, 0.2) is 24.3 Å². The van der Waals surface area contributed by atoms with E-state index in [1.165, 1.54) is 0 Å². The SMILES string of the molecule is Cc1ccccc1C(CCC(F)(F)F)NN. The quantitative estimate of drug-likeness (QED) is 0.618. The molecule has 0 aromatic heterocycles. The van der Waals surface area contributed by atoms with Crippen molar-refractivity contribution in [3.8, 4) is 0 Å². The fourth-order valence-corrected chi connectivity index (χ4v) is 1.61. The average Bonchev–Trinajstić information content (AvgIpc) is 2.20. The molecule has 0 saturated heterocycles. The van der Waals surface area contributed by atoms with Crippen molar-refractivity contribution in [1.29, 1.82) is 0 Å². The first-order chi connectivity index (χ1) is 7.44. The lowest BCUT2D eigenvalue weighted by Crippen LogP contribution is -2.29. The summed E-state index contributed by atoms with van der Waals surface area (Å²) in [6.45, 7) is 1.85. The van der Waals surface area contributed by atoms with Crippen LogP contribution in [0.4, 0.5) is 13.2 Å². The molecule has 0 amide bonds. The van der Waals surface area contributed by atoms with E-state index in [4.69, 9.17) is 5.84 Å². The van der Waals surface area contributed by atoms with E-state index in [1.54, 1.807) is 12.1 Å². The van der Waals surface area contributed by atoms with Gasteiger partial charge in [0.15, 0.2) is 0 Å². The molecule has 3 N–H and O–H groups in total. The Bertz CT molecular complexity index is 336. The molecule has 0 aliphatic heterocycles. The van der Waals surface area contributed by atoms with Crippen LogP contribution in [0, 0.1) is 6.92 Å². The molecule has 0 aliphatic carbocycles. The molecule has 0 heterocycles. The summed E-state index contributed by atoms with van der Waals surface area (Å²) in [5.74, 6) is 5.29. The molecule has 0 aliphatic rings. The Morgan fingerprint density at radius 1 is 1.31 bits per heavy atom. The number of halogens is 3. The minimum absolute atomic E-state index is 0.0507. The predicted octanol–water partition coefficient (Wildman–Crippen LogP) is 2.84. The van der Waals surface area contributed by atoms with Gasteiger partial charge in [-0.25, -0.2) is 0 Å². The number of hydrogen-bond donors (Lipinski definition) is 2. The van der Waals surface area contributed by atoms with Crippen LogP contribution < -0.4 is 11.3 Å². The second-order valence-corrected chi connectivity index (χ2v) is 3.73. The Balaban J connectivity index is 2.72. The minimum atomic E-state index is -4.14. The van der Waals surface area contributed by atoms with Gasteiger partial charge in [-0.3, -0.25) is 11.3 Å². The lowest BCUT2D eigenvalue weighted by atomic mass is 9.98. The molecule has 1 aromatic rings. The number of nitrogens with two attached hydrogens (primary N) is 1. The molecule has 5 heteroatoms. The summed E-state index contributed by atoms with van der Waals surface area (Å²) in [7, 11) is 0. The first-order valence-corrected chi connectivity index (χ1v) is 5.02. The number of hydrazine groups is 1. The Morgan fingerprint density at radius 2 is 1.94 bits per heavy atom. The van der Waals surface area contributed by atoms with Crippen LogP contribution in [0.2, 0.25) is 0 Å². The van der Waals surface area contributed by atoms with Crippen LogP contribution in [0.1, 0.15) is 30.0 Å². The Kier molecular flexibility index (Phi) is 4.32. The Hall–Kier alpha value is -1.07. The second kappa shape index (κ2) is 5.32. The van der Waals surface area contributed by atoms with Crippen LogP contribution in [-0.4, -0.2) is 6.18 Å². The Morgan fingerprint density at radius 3 is 2.44 bits per heavy atom. The van der Waals surface area contributed by atoms with E-state index in [9.17, 15) is 13.2 Å². The van der Waals surface area contributed by atoms with Crippen molar-refractivity contribution >= 4 is 0 Å². The molecule has 0 fully saturated rings. The number of alkyl halides is 3. The van der Waals surface area contributed by atoms with Crippen molar-refractivity contribution in [3.63, 3.8) is 0 Å². The van der Waals surface area contributed by atoms with E-state index in [-0.39, 0.29) is 6.42 Å². The molecule has 0 spiro atoms. The van der Waals surface area contributed by atoms with Gasteiger partial charge in [-0.15, -0.1) is 0 Å². The third kappa shape index (κ3) is 3.83. The van der Waals surface area contributed by atoms with Gasteiger partial charge in [-0.05, 0) is 24.5 Å². The number of benzene rings is 1. The van der Waals surface area contributed by atoms with Crippen molar-refractivity contribution in [2.75, 3.05) is 0 Å². The van der Waals surface area contributed by atoms with Crippen molar-refractivity contribution in [3.05, 3.63) is 35.4 Å². The van der Waals surface area contributed by atoms with Crippen molar-refractivity contribution < 1.29 is 13.2 Å². The molecule has 1 atom stereocenters. The van der Waals surface area contributed by atoms with E-state index < -0.39 is 18.6 Å². The van der Waals surface area contributed by atoms with Gasteiger partial charge in [-0.1, -0.05) is 24.3 Å². The molecule has 1 rings (SSSR count). The zero-order chi connectivity index (χ0) is 12.2. The molecule has 0 saturated carbocycles. The van der Waals surface area contributed by atoms with Gasteiger partial charge in [0.05, 0.1) is 0 Å². The lowest BCUT2D eigenvalue weighted by Gasteiger charge is -2.19. The highest BCUT2D eigenvalue weighted by Crippen LogP contribution is 2.28. The van der Waals surface area contributed by atoms with E-state index >= 15 is 0 Å². The first kappa shape index (κ1) is 13.0. The summed E-state index contributed by atoms with van der Waals surface area (Å²) in [6, 6.07) is 6.82. The molecule has 0 radical (unpaired) electrons. The summed E-state index contributed by atoms with van der Waals surface area (Å²) in [4.78, 5) is 0. The molecular formula is C11H15F3N2. The molecule has 2 nitrogen and oxygen atoms in total. The number of aryl methyl sites for hydroxylation is 1. The summed E-state index contributed by atoms with van der Waals surface area (Å²) in [5.41, 5.74) is 4.18.